The first-order chi connectivity index (χ1) is 11.5. The zero-order chi connectivity index (χ0) is 17.1. The Morgan fingerprint density at radius 1 is 1.08 bits per heavy atom. The third-order valence-corrected chi connectivity index (χ3v) is 4.35. The van der Waals surface area contributed by atoms with Gasteiger partial charge in [-0.05, 0) is 35.5 Å². The number of amides is 2. The molecule has 2 amide bonds. The van der Waals surface area contributed by atoms with Gasteiger partial charge in [-0.25, -0.2) is 0 Å². The van der Waals surface area contributed by atoms with Gasteiger partial charge in [-0.3, -0.25) is 19.3 Å². The van der Waals surface area contributed by atoms with E-state index in [1.54, 1.807) is 42.5 Å². The number of aromatic hydroxyl groups is 1. The summed E-state index contributed by atoms with van der Waals surface area (Å²) in [4.78, 5) is 37.8. The third kappa shape index (κ3) is 3.38. The van der Waals surface area contributed by atoms with Gasteiger partial charge in [-0.15, -0.1) is 0 Å². The van der Waals surface area contributed by atoms with E-state index in [9.17, 15) is 19.5 Å². The van der Waals surface area contributed by atoms with Crippen LogP contribution in [0.5, 0.6) is 5.75 Å². The minimum atomic E-state index is -0.502. The van der Waals surface area contributed by atoms with Crippen molar-refractivity contribution >= 4 is 34.8 Å². The molecule has 1 heterocycles. The highest BCUT2D eigenvalue weighted by Gasteiger charge is 2.36. The number of nitrogens with zero attached hydrogens (tertiary/aromatic N) is 1. The fourth-order valence-electron chi connectivity index (χ4n) is 2.26. The molecular weight excluding hydrogens is 326 g/mol. The first-order valence-corrected chi connectivity index (χ1v) is 7.99. The Labute approximate surface area is 142 Å². The van der Waals surface area contributed by atoms with Crippen molar-refractivity contribution in [1.82, 2.24) is 4.90 Å². The molecule has 6 heteroatoms. The zero-order valence-electron chi connectivity index (χ0n) is 12.5. The molecule has 0 aliphatic carbocycles. The highest BCUT2D eigenvalue weighted by Crippen LogP contribution is 2.32. The van der Waals surface area contributed by atoms with E-state index in [2.05, 4.69) is 0 Å². The molecule has 0 unspecified atom stereocenters. The molecule has 0 aromatic heterocycles. The average molecular weight is 339 g/mol. The number of phenols is 1. The summed E-state index contributed by atoms with van der Waals surface area (Å²) in [6, 6.07) is 14.9. The molecule has 0 atom stereocenters. The van der Waals surface area contributed by atoms with Crippen LogP contribution in [0.25, 0.3) is 6.08 Å². The molecule has 0 radical (unpaired) electrons. The molecule has 1 aliphatic rings. The van der Waals surface area contributed by atoms with Gasteiger partial charge in [0, 0.05) is 5.56 Å². The number of hydrogen-bond acceptors (Lipinski definition) is 5. The lowest BCUT2D eigenvalue weighted by molar-refractivity contribution is -0.122. The molecular formula is C18H13NO4S. The first kappa shape index (κ1) is 16.0. The summed E-state index contributed by atoms with van der Waals surface area (Å²) in [5.74, 6) is -0.726. The van der Waals surface area contributed by atoms with Gasteiger partial charge in [0.05, 0.1) is 11.4 Å². The Morgan fingerprint density at radius 2 is 1.83 bits per heavy atom. The number of phenolic OH excluding ortho intramolecular Hbond substituents is 1. The van der Waals surface area contributed by atoms with Crippen LogP contribution in [-0.2, 0) is 4.79 Å². The van der Waals surface area contributed by atoms with E-state index in [1.165, 1.54) is 18.2 Å². The van der Waals surface area contributed by atoms with Crippen LogP contribution >= 0.6 is 11.8 Å². The molecule has 2 aromatic rings. The van der Waals surface area contributed by atoms with E-state index in [1.807, 2.05) is 0 Å². The lowest BCUT2D eigenvalue weighted by atomic mass is 10.1. The second kappa shape index (κ2) is 6.72. The van der Waals surface area contributed by atoms with Crippen LogP contribution in [0.3, 0.4) is 0 Å². The Bertz CT molecular complexity index is 845. The van der Waals surface area contributed by atoms with E-state index >= 15 is 0 Å². The van der Waals surface area contributed by atoms with Crippen molar-refractivity contribution in [3.8, 4) is 5.75 Å². The highest BCUT2D eigenvalue weighted by atomic mass is 32.2. The van der Waals surface area contributed by atoms with Gasteiger partial charge in [0.2, 0.25) is 0 Å². The topological polar surface area (TPSA) is 74.7 Å². The maximum atomic E-state index is 12.4. The molecule has 1 saturated heterocycles. The van der Waals surface area contributed by atoms with Crippen LogP contribution in [0.4, 0.5) is 4.79 Å². The molecule has 1 aliphatic heterocycles. The van der Waals surface area contributed by atoms with Gasteiger partial charge in [0.15, 0.2) is 5.78 Å². The first-order valence-electron chi connectivity index (χ1n) is 7.17. The number of hydrogen-bond donors (Lipinski definition) is 1. The van der Waals surface area contributed by atoms with Crippen molar-refractivity contribution in [2.75, 3.05) is 6.54 Å². The Balaban J connectivity index is 1.78. The molecule has 3 rings (SSSR count). The van der Waals surface area contributed by atoms with Crippen molar-refractivity contribution in [2.24, 2.45) is 0 Å². The van der Waals surface area contributed by atoms with Gasteiger partial charge in [-0.2, -0.15) is 0 Å². The maximum absolute atomic E-state index is 12.4. The molecule has 0 spiro atoms. The van der Waals surface area contributed by atoms with E-state index in [0.717, 1.165) is 16.7 Å². The van der Waals surface area contributed by atoms with Crippen molar-refractivity contribution in [2.45, 2.75) is 0 Å². The minimum absolute atomic E-state index is 0.0715. The molecule has 2 aromatic carbocycles. The molecule has 24 heavy (non-hydrogen) atoms. The van der Waals surface area contributed by atoms with Gasteiger partial charge < -0.3 is 5.11 Å². The second-order valence-electron chi connectivity index (χ2n) is 5.15. The van der Waals surface area contributed by atoms with Crippen molar-refractivity contribution in [1.29, 1.82) is 0 Å². The predicted molar refractivity (Wildman–Crippen MR) is 91.6 cm³/mol. The Kier molecular flexibility index (Phi) is 4.48. The average Bonchev–Trinajstić information content (AvgIpc) is 2.83. The van der Waals surface area contributed by atoms with Crippen molar-refractivity contribution < 1.29 is 19.5 Å². The molecule has 120 valence electrons. The lowest BCUT2D eigenvalue weighted by Crippen LogP contribution is -2.33. The number of ketones is 1. The Hall–Kier alpha value is -2.86. The normalized spacial score (nSPS) is 16.0. The van der Waals surface area contributed by atoms with Crippen LogP contribution in [-0.4, -0.2) is 33.5 Å². The molecule has 1 fully saturated rings. The van der Waals surface area contributed by atoms with Gasteiger partial charge in [-0.1, -0.05) is 42.5 Å². The summed E-state index contributed by atoms with van der Waals surface area (Å²) in [5.41, 5.74) is 1.06. The van der Waals surface area contributed by atoms with Crippen LogP contribution in [0.2, 0.25) is 0 Å². The molecule has 5 nitrogen and oxygen atoms in total. The number of imide groups is 1. The number of carbonyl (C=O) groups excluding carboxylic acids is 3. The number of carbonyl (C=O) groups is 3. The van der Waals surface area contributed by atoms with Crippen LogP contribution < -0.4 is 0 Å². The monoisotopic (exact) mass is 339 g/mol. The Morgan fingerprint density at radius 3 is 2.54 bits per heavy atom. The maximum Gasteiger partial charge on any atom is 0.293 e. The van der Waals surface area contributed by atoms with E-state index < -0.39 is 11.1 Å². The standard InChI is InChI=1S/C18H13NO4S/c20-14-8-4-5-12(9-14)10-16-17(22)19(18(23)24-16)11-15(21)13-6-2-1-3-7-13/h1-10,20H,11H2. The van der Waals surface area contributed by atoms with E-state index in [-0.39, 0.29) is 23.0 Å². The number of thioether (sulfide) groups is 1. The number of benzene rings is 2. The fraction of sp³-hybridized carbons (Fsp3) is 0.0556. The minimum Gasteiger partial charge on any atom is -0.508 e. The van der Waals surface area contributed by atoms with E-state index in [0.29, 0.717) is 11.1 Å². The van der Waals surface area contributed by atoms with Crippen molar-refractivity contribution in [3.05, 3.63) is 70.6 Å². The lowest BCUT2D eigenvalue weighted by Gasteiger charge is -2.11. The smallest absolute Gasteiger partial charge is 0.293 e. The summed E-state index contributed by atoms with van der Waals surface area (Å²) in [7, 11) is 0. The van der Waals surface area contributed by atoms with Gasteiger partial charge in [0.1, 0.15) is 5.75 Å². The van der Waals surface area contributed by atoms with Crippen molar-refractivity contribution in [3.63, 3.8) is 0 Å². The van der Waals surface area contributed by atoms with Crippen LogP contribution in [0, 0.1) is 0 Å². The van der Waals surface area contributed by atoms with Crippen LogP contribution in [0.1, 0.15) is 15.9 Å². The largest absolute Gasteiger partial charge is 0.508 e. The summed E-state index contributed by atoms with van der Waals surface area (Å²) in [5, 5.41) is 8.98. The molecule has 0 saturated carbocycles. The van der Waals surface area contributed by atoms with Crippen LogP contribution in [0.15, 0.2) is 59.5 Å². The van der Waals surface area contributed by atoms with Gasteiger partial charge in [0.25, 0.3) is 11.1 Å². The third-order valence-electron chi connectivity index (χ3n) is 3.44. The summed E-state index contributed by atoms with van der Waals surface area (Å²) < 4.78 is 0. The number of rotatable bonds is 4. The molecule has 1 N–H and O–H groups in total. The SMILES string of the molecule is O=C(CN1C(=O)SC(=Cc2cccc(O)c2)C1=O)c1ccccc1. The predicted octanol–water partition coefficient (Wildman–Crippen LogP) is 3.31. The zero-order valence-corrected chi connectivity index (χ0v) is 13.3. The van der Waals surface area contributed by atoms with E-state index in [4.69, 9.17) is 0 Å². The highest BCUT2D eigenvalue weighted by molar-refractivity contribution is 8.18. The second-order valence-corrected chi connectivity index (χ2v) is 6.15. The fourth-order valence-corrected chi connectivity index (χ4v) is 3.10. The summed E-state index contributed by atoms with van der Waals surface area (Å²) in [6.45, 7) is -0.286. The quantitative estimate of drug-likeness (QED) is 0.683. The summed E-state index contributed by atoms with van der Waals surface area (Å²) in [6.07, 6.45) is 1.53. The number of Topliss-reactive ketones (excluding diaryl/α,β-unsaturated/α-hetero) is 1. The van der Waals surface area contributed by atoms with Gasteiger partial charge >= 0.3 is 0 Å². The summed E-state index contributed by atoms with van der Waals surface area (Å²) >= 11 is 0.784. The molecule has 0 bridgehead atoms.